The molecular formula is C20H31N5. The highest BCUT2D eigenvalue weighted by Gasteiger charge is 2.13. The number of aryl methyl sites for hydroxylation is 3. The van der Waals surface area contributed by atoms with Crippen LogP contribution in [-0.4, -0.2) is 28.3 Å². The number of hydrogen-bond donors (Lipinski definition) is 2. The van der Waals surface area contributed by atoms with Crippen molar-refractivity contribution in [3.05, 3.63) is 52.3 Å². The zero-order valence-electron chi connectivity index (χ0n) is 16.3. The lowest BCUT2D eigenvalue weighted by atomic mass is 10.1. The third-order valence-corrected chi connectivity index (χ3v) is 4.44. The molecule has 0 spiro atoms. The molecule has 2 rings (SSSR count). The second-order valence-corrected chi connectivity index (χ2v) is 6.70. The van der Waals surface area contributed by atoms with Crippen LogP contribution in [0.5, 0.6) is 0 Å². The summed E-state index contributed by atoms with van der Waals surface area (Å²) >= 11 is 0. The van der Waals surface area contributed by atoms with Crippen LogP contribution in [0, 0.1) is 20.8 Å². The highest BCUT2D eigenvalue weighted by atomic mass is 15.3. The summed E-state index contributed by atoms with van der Waals surface area (Å²) in [6.45, 7) is 12.1. The molecule has 1 unspecified atom stereocenters. The number of guanidine groups is 1. The summed E-state index contributed by atoms with van der Waals surface area (Å²) in [6.07, 6.45) is 0.931. The molecule has 0 bridgehead atoms. The standard InChI is InChI=1S/C20H31N5/c1-7-21-20(22-13-18-10-8-14(2)9-11-18)23-15(3)12-19-16(4)24-25(6)17(19)5/h8-11,15H,7,12-13H2,1-6H3,(H2,21,22,23). The van der Waals surface area contributed by atoms with Crippen molar-refractivity contribution in [3.63, 3.8) is 0 Å². The number of nitrogens with one attached hydrogen (secondary N) is 2. The molecule has 2 aromatic rings. The lowest BCUT2D eigenvalue weighted by molar-refractivity contribution is 0.636. The Balaban J connectivity index is 2.01. The second kappa shape index (κ2) is 8.70. The Morgan fingerprint density at radius 3 is 2.44 bits per heavy atom. The van der Waals surface area contributed by atoms with Crippen molar-refractivity contribution in [2.75, 3.05) is 6.54 Å². The first-order valence-corrected chi connectivity index (χ1v) is 9.00. The lowest BCUT2D eigenvalue weighted by Gasteiger charge is -2.18. The van der Waals surface area contributed by atoms with Gasteiger partial charge in [-0.05, 0) is 52.2 Å². The predicted molar refractivity (Wildman–Crippen MR) is 105 cm³/mol. The van der Waals surface area contributed by atoms with E-state index in [0.29, 0.717) is 6.54 Å². The van der Waals surface area contributed by atoms with Crippen molar-refractivity contribution in [3.8, 4) is 0 Å². The minimum Gasteiger partial charge on any atom is -0.357 e. The van der Waals surface area contributed by atoms with Crippen LogP contribution in [0.4, 0.5) is 0 Å². The van der Waals surface area contributed by atoms with Gasteiger partial charge in [-0.3, -0.25) is 4.68 Å². The first-order chi connectivity index (χ1) is 11.9. The van der Waals surface area contributed by atoms with Gasteiger partial charge in [0.1, 0.15) is 0 Å². The minimum atomic E-state index is 0.275. The van der Waals surface area contributed by atoms with Gasteiger partial charge in [0.15, 0.2) is 5.96 Å². The van der Waals surface area contributed by atoms with E-state index in [4.69, 9.17) is 4.99 Å². The van der Waals surface area contributed by atoms with Crippen LogP contribution in [0.15, 0.2) is 29.3 Å². The molecule has 1 aromatic heterocycles. The lowest BCUT2D eigenvalue weighted by Crippen LogP contribution is -2.43. The Morgan fingerprint density at radius 2 is 1.88 bits per heavy atom. The fourth-order valence-electron chi connectivity index (χ4n) is 2.89. The summed E-state index contributed by atoms with van der Waals surface area (Å²) in [6, 6.07) is 8.80. The summed E-state index contributed by atoms with van der Waals surface area (Å²) in [4.78, 5) is 4.72. The van der Waals surface area contributed by atoms with E-state index in [2.05, 4.69) is 74.6 Å². The largest absolute Gasteiger partial charge is 0.357 e. The molecule has 25 heavy (non-hydrogen) atoms. The first-order valence-electron chi connectivity index (χ1n) is 9.00. The van der Waals surface area contributed by atoms with Crippen molar-refractivity contribution in [1.82, 2.24) is 20.4 Å². The zero-order valence-corrected chi connectivity index (χ0v) is 16.3. The summed E-state index contributed by atoms with van der Waals surface area (Å²) in [5, 5.41) is 11.4. The second-order valence-electron chi connectivity index (χ2n) is 6.70. The average Bonchev–Trinajstić information content (AvgIpc) is 2.80. The van der Waals surface area contributed by atoms with E-state index < -0.39 is 0 Å². The molecular weight excluding hydrogens is 310 g/mol. The summed E-state index contributed by atoms with van der Waals surface area (Å²) < 4.78 is 1.95. The predicted octanol–water partition coefficient (Wildman–Crippen LogP) is 3.03. The van der Waals surface area contributed by atoms with E-state index in [1.807, 2.05) is 11.7 Å². The van der Waals surface area contributed by atoms with Crippen LogP contribution >= 0.6 is 0 Å². The van der Waals surface area contributed by atoms with Crippen LogP contribution in [-0.2, 0) is 20.0 Å². The minimum absolute atomic E-state index is 0.275. The molecule has 1 aromatic carbocycles. The summed E-state index contributed by atoms with van der Waals surface area (Å²) in [5.41, 5.74) is 6.14. The maximum Gasteiger partial charge on any atom is 0.191 e. The molecule has 0 radical (unpaired) electrons. The topological polar surface area (TPSA) is 54.2 Å². The van der Waals surface area contributed by atoms with Crippen molar-refractivity contribution in [2.24, 2.45) is 12.0 Å². The number of rotatable bonds is 6. The van der Waals surface area contributed by atoms with Gasteiger partial charge in [0.2, 0.25) is 0 Å². The van der Waals surface area contributed by atoms with Gasteiger partial charge in [0, 0.05) is 25.3 Å². The van der Waals surface area contributed by atoms with E-state index in [9.17, 15) is 0 Å². The van der Waals surface area contributed by atoms with Gasteiger partial charge in [-0.25, -0.2) is 4.99 Å². The van der Waals surface area contributed by atoms with E-state index in [1.165, 1.54) is 22.4 Å². The first kappa shape index (κ1) is 19.0. The van der Waals surface area contributed by atoms with Crippen molar-refractivity contribution in [2.45, 2.75) is 53.6 Å². The molecule has 0 aliphatic rings. The third-order valence-electron chi connectivity index (χ3n) is 4.44. The van der Waals surface area contributed by atoms with E-state index in [0.717, 1.165) is 24.6 Å². The molecule has 0 amide bonds. The van der Waals surface area contributed by atoms with E-state index in [1.54, 1.807) is 0 Å². The summed E-state index contributed by atoms with van der Waals surface area (Å²) in [5.74, 6) is 0.856. The number of nitrogens with zero attached hydrogens (tertiary/aromatic N) is 3. The Kier molecular flexibility index (Phi) is 6.62. The van der Waals surface area contributed by atoms with Crippen LogP contribution < -0.4 is 10.6 Å². The van der Waals surface area contributed by atoms with Gasteiger partial charge in [-0.2, -0.15) is 5.10 Å². The van der Waals surface area contributed by atoms with Crippen LogP contribution in [0.3, 0.4) is 0 Å². The Labute approximate surface area is 151 Å². The van der Waals surface area contributed by atoms with Gasteiger partial charge in [0.05, 0.1) is 12.2 Å². The SMILES string of the molecule is CCNC(=NCc1ccc(C)cc1)NC(C)Cc1c(C)nn(C)c1C. The third kappa shape index (κ3) is 5.34. The summed E-state index contributed by atoms with van der Waals surface area (Å²) in [7, 11) is 2.00. The Hall–Kier alpha value is -2.30. The zero-order chi connectivity index (χ0) is 18.4. The number of aliphatic imine (C=N–C) groups is 1. The maximum atomic E-state index is 4.72. The molecule has 0 saturated carbocycles. The van der Waals surface area contributed by atoms with Crippen LogP contribution in [0.2, 0.25) is 0 Å². The highest BCUT2D eigenvalue weighted by Crippen LogP contribution is 2.14. The van der Waals surface area contributed by atoms with Crippen molar-refractivity contribution < 1.29 is 0 Å². The molecule has 0 saturated heterocycles. The normalized spacial score (nSPS) is 13.0. The van der Waals surface area contributed by atoms with Crippen molar-refractivity contribution in [1.29, 1.82) is 0 Å². The van der Waals surface area contributed by atoms with E-state index >= 15 is 0 Å². The van der Waals surface area contributed by atoms with Gasteiger partial charge in [-0.15, -0.1) is 0 Å². The van der Waals surface area contributed by atoms with E-state index in [-0.39, 0.29) is 6.04 Å². The number of aromatic nitrogens is 2. The van der Waals surface area contributed by atoms with Gasteiger partial charge in [-0.1, -0.05) is 29.8 Å². The molecule has 1 atom stereocenters. The van der Waals surface area contributed by atoms with Gasteiger partial charge in [0.25, 0.3) is 0 Å². The van der Waals surface area contributed by atoms with Gasteiger partial charge >= 0.3 is 0 Å². The van der Waals surface area contributed by atoms with Crippen molar-refractivity contribution >= 4 is 5.96 Å². The molecule has 5 heteroatoms. The molecule has 2 N–H and O–H groups in total. The number of benzene rings is 1. The molecule has 1 heterocycles. The average molecular weight is 342 g/mol. The fraction of sp³-hybridized carbons (Fsp3) is 0.500. The van der Waals surface area contributed by atoms with Crippen LogP contribution in [0.25, 0.3) is 0 Å². The Bertz CT molecular complexity index is 712. The highest BCUT2D eigenvalue weighted by molar-refractivity contribution is 5.80. The molecule has 136 valence electrons. The van der Waals surface area contributed by atoms with Crippen LogP contribution in [0.1, 0.15) is 41.9 Å². The quantitative estimate of drug-likeness (QED) is 0.627. The van der Waals surface area contributed by atoms with Gasteiger partial charge < -0.3 is 10.6 Å². The number of hydrogen-bond acceptors (Lipinski definition) is 2. The Morgan fingerprint density at radius 1 is 1.20 bits per heavy atom. The smallest absolute Gasteiger partial charge is 0.191 e. The molecule has 5 nitrogen and oxygen atoms in total. The fourth-order valence-corrected chi connectivity index (χ4v) is 2.89. The molecule has 0 aliphatic carbocycles. The molecule has 0 aliphatic heterocycles. The molecule has 0 fully saturated rings. The monoisotopic (exact) mass is 341 g/mol. The maximum absolute atomic E-state index is 4.72.